The number of likely N-dealkylation sites (tertiary alicyclic amines) is 2. The number of carbonyl (C=O) groups is 1. The third-order valence-corrected chi connectivity index (χ3v) is 8.65. The van der Waals surface area contributed by atoms with Gasteiger partial charge in [0.2, 0.25) is 0 Å². The highest BCUT2D eigenvalue weighted by atomic mass is 16.6. The monoisotopic (exact) mass is 464 g/mol. The minimum Gasteiger partial charge on any atom is -0.444 e. The molecule has 0 aromatic rings. The van der Waals surface area contributed by atoms with Crippen LogP contribution in [0, 0.1) is 10.8 Å². The number of carbonyl (C=O) groups excluding carboxylic acids is 1. The first kappa shape index (κ1) is 26.7. The summed E-state index contributed by atoms with van der Waals surface area (Å²) in [6.45, 7) is 19.8. The van der Waals surface area contributed by atoms with Gasteiger partial charge in [-0.25, -0.2) is 4.79 Å². The molecule has 6 heteroatoms. The van der Waals surface area contributed by atoms with E-state index in [1.54, 1.807) is 0 Å². The van der Waals surface area contributed by atoms with Crippen LogP contribution in [0.1, 0.15) is 99.8 Å². The van der Waals surface area contributed by atoms with Gasteiger partial charge in [0.1, 0.15) is 5.60 Å². The summed E-state index contributed by atoms with van der Waals surface area (Å²) in [6, 6.07) is 2.22. The lowest BCUT2D eigenvalue weighted by Crippen LogP contribution is -2.56. The van der Waals surface area contributed by atoms with E-state index < -0.39 is 5.60 Å². The van der Waals surface area contributed by atoms with Gasteiger partial charge in [0.05, 0.1) is 0 Å². The van der Waals surface area contributed by atoms with Crippen LogP contribution in [-0.4, -0.2) is 71.8 Å². The molecule has 2 aliphatic heterocycles. The lowest BCUT2D eigenvalue weighted by molar-refractivity contribution is -0.00889. The predicted molar refractivity (Wildman–Crippen MR) is 136 cm³/mol. The van der Waals surface area contributed by atoms with Crippen molar-refractivity contribution in [2.24, 2.45) is 16.6 Å². The van der Waals surface area contributed by atoms with Crippen molar-refractivity contribution in [3.8, 4) is 0 Å². The Morgan fingerprint density at radius 2 is 1.24 bits per heavy atom. The summed E-state index contributed by atoms with van der Waals surface area (Å²) in [4.78, 5) is 16.9. The van der Waals surface area contributed by atoms with Gasteiger partial charge in [-0.2, -0.15) is 0 Å². The second-order valence-electron chi connectivity index (χ2n) is 13.2. The largest absolute Gasteiger partial charge is 0.444 e. The molecule has 4 aliphatic rings. The molecule has 0 radical (unpaired) electrons. The van der Waals surface area contributed by atoms with Crippen molar-refractivity contribution < 1.29 is 9.53 Å². The van der Waals surface area contributed by atoms with Crippen LogP contribution in [0.5, 0.6) is 0 Å². The van der Waals surface area contributed by atoms with E-state index in [0.29, 0.717) is 29.0 Å². The molecule has 33 heavy (non-hydrogen) atoms. The van der Waals surface area contributed by atoms with E-state index in [9.17, 15) is 4.79 Å². The van der Waals surface area contributed by atoms with Crippen LogP contribution in [-0.2, 0) is 4.74 Å². The highest BCUT2D eigenvalue weighted by Gasteiger charge is 2.47. The Hall–Kier alpha value is -0.850. The Kier molecular flexibility index (Phi) is 8.44. The Morgan fingerprint density at radius 3 is 1.58 bits per heavy atom. The molecule has 6 nitrogen and oxygen atoms in total. The zero-order valence-electron chi connectivity index (χ0n) is 22.6. The molecule has 0 atom stereocenters. The molecule has 0 unspecified atom stereocenters. The number of hydrogen-bond donors (Lipinski definition) is 2. The highest BCUT2D eigenvalue weighted by Crippen LogP contribution is 2.49. The quantitative estimate of drug-likeness (QED) is 0.630. The van der Waals surface area contributed by atoms with E-state index >= 15 is 0 Å². The first-order valence-electron chi connectivity index (χ1n) is 13.5. The number of alkyl carbamates (subject to hydrolysis) is 1. The van der Waals surface area contributed by atoms with Gasteiger partial charge in [-0.3, -0.25) is 0 Å². The van der Waals surface area contributed by atoms with E-state index in [4.69, 9.17) is 10.5 Å². The van der Waals surface area contributed by atoms with E-state index in [-0.39, 0.29) is 6.09 Å². The topological polar surface area (TPSA) is 70.8 Å². The van der Waals surface area contributed by atoms with Crippen molar-refractivity contribution in [1.29, 1.82) is 0 Å². The Labute approximate surface area is 203 Å². The zero-order valence-corrected chi connectivity index (χ0v) is 22.6. The standard InChI is InChI=1S/C16H30N2O2.C11H22N2/c1-12(2)18-8-6-16(7-9-18)10-13(11-16)17-14(19)20-15(3,4)5;1-9(2)13-5-3-11(4-6-13)7-10(12)8-11/h12-13H,6-11H2,1-5H3,(H,17,19);9-10H,3-8,12H2,1-2H3. The summed E-state index contributed by atoms with van der Waals surface area (Å²) >= 11 is 0. The van der Waals surface area contributed by atoms with Gasteiger partial charge in [-0.15, -0.1) is 0 Å². The minimum absolute atomic E-state index is 0.267. The SMILES string of the molecule is CC(C)N1CCC2(CC1)CC(N)C2.CC(C)N1CCC2(CC1)CC(NC(=O)OC(C)(C)C)C2. The molecule has 2 aliphatic carbocycles. The van der Waals surface area contributed by atoms with E-state index in [1.807, 2.05) is 20.8 Å². The molecule has 0 aromatic carbocycles. The summed E-state index contributed by atoms with van der Waals surface area (Å²) < 4.78 is 5.31. The van der Waals surface area contributed by atoms with Crippen molar-refractivity contribution in [2.75, 3.05) is 26.2 Å². The van der Waals surface area contributed by atoms with Crippen LogP contribution in [0.3, 0.4) is 0 Å². The van der Waals surface area contributed by atoms with Crippen molar-refractivity contribution in [1.82, 2.24) is 15.1 Å². The van der Waals surface area contributed by atoms with Gasteiger partial charge in [0, 0.05) is 24.2 Å². The molecule has 4 rings (SSSR count). The average Bonchev–Trinajstić information content (AvgIpc) is 2.65. The lowest BCUT2D eigenvalue weighted by Gasteiger charge is -2.52. The summed E-state index contributed by atoms with van der Waals surface area (Å²) in [6.07, 6.45) is 9.89. The number of nitrogens with zero attached hydrogens (tertiary/aromatic N) is 2. The fourth-order valence-corrected chi connectivity index (χ4v) is 6.46. The Morgan fingerprint density at radius 1 is 0.848 bits per heavy atom. The van der Waals surface area contributed by atoms with Gasteiger partial charge in [0.25, 0.3) is 0 Å². The molecule has 1 amide bonds. The maximum atomic E-state index is 11.7. The number of hydrogen-bond acceptors (Lipinski definition) is 5. The second-order valence-corrected chi connectivity index (χ2v) is 13.2. The number of amides is 1. The van der Waals surface area contributed by atoms with Gasteiger partial charge < -0.3 is 25.6 Å². The molecule has 2 saturated carbocycles. The summed E-state index contributed by atoms with van der Waals surface area (Å²) in [5.41, 5.74) is 6.62. The third kappa shape index (κ3) is 7.32. The van der Waals surface area contributed by atoms with E-state index in [0.717, 1.165) is 18.9 Å². The van der Waals surface area contributed by atoms with Crippen LogP contribution in [0.4, 0.5) is 4.79 Å². The highest BCUT2D eigenvalue weighted by molar-refractivity contribution is 5.68. The summed E-state index contributed by atoms with van der Waals surface area (Å²) in [7, 11) is 0. The second kappa shape index (κ2) is 10.4. The van der Waals surface area contributed by atoms with E-state index in [2.05, 4.69) is 42.8 Å². The van der Waals surface area contributed by atoms with Crippen LogP contribution < -0.4 is 11.1 Å². The van der Waals surface area contributed by atoms with Crippen LogP contribution in [0.25, 0.3) is 0 Å². The molecule has 0 bridgehead atoms. The first-order valence-corrected chi connectivity index (χ1v) is 13.5. The maximum Gasteiger partial charge on any atom is 0.407 e. The molecule has 192 valence electrons. The molecule has 0 aromatic heterocycles. The molecule has 4 fully saturated rings. The summed E-state index contributed by atoms with van der Waals surface area (Å²) in [5.74, 6) is 0. The number of piperidine rings is 2. The van der Waals surface area contributed by atoms with Crippen molar-refractivity contribution in [3.63, 3.8) is 0 Å². The normalized spacial score (nSPS) is 26.0. The van der Waals surface area contributed by atoms with Crippen LogP contribution in [0.2, 0.25) is 0 Å². The molecule has 3 N–H and O–H groups in total. The van der Waals surface area contributed by atoms with Crippen molar-refractivity contribution >= 4 is 6.09 Å². The lowest BCUT2D eigenvalue weighted by atomic mass is 9.60. The van der Waals surface area contributed by atoms with Crippen LogP contribution in [0.15, 0.2) is 0 Å². The number of nitrogens with one attached hydrogen (secondary N) is 1. The Balaban J connectivity index is 0.000000203. The van der Waals surface area contributed by atoms with Gasteiger partial charge in [-0.05, 0) is 137 Å². The van der Waals surface area contributed by atoms with Crippen LogP contribution >= 0.6 is 0 Å². The van der Waals surface area contributed by atoms with Gasteiger partial charge in [-0.1, -0.05) is 0 Å². The third-order valence-electron chi connectivity index (χ3n) is 8.65. The number of rotatable bonds is 3. The maximum absolute atomic E-state index is 11.7. The zero-order chi connectivity index (χ0) is 24.4. The Bertz CT molecular complexity index is 625. The molecular formula is C27H52N4O2. The predicted octanol–water partition coefficient (Wildman–Crippen LogP) is 4.76. The van der Waals surface area contributed by atoms with Gasteiger partial charge in [0.15, 0.2) is 0 Å². The first-order chi connectivity index (χ1) is 15.3. The summed E-state index contributed by atoms with van der Waals surface area (Å²) in [5, 5.41) is 3.00. The fourth-order valence-electron chi connectivity index (χ4n) is 6.46. The van der Waals surface area contributed by atoms with Crippen molar-refractivity contribution in [2.45, 2.75) is 130 Å². The average molecular weight is 465 g/mol. The number of ether oxygens (including phenoxy) is 1. The van der Waals surface area contributed by atoms with Gasteiger partial charge >= 0.3 is 6.09 Å². The molecule has 2 saturated heterocycles. The van der Waals surface area contributed by atoms with E-state index in [1.165, 1.54) is 64.7 Å². The molecule has 2 heterocycles. The smallest absolute Gasteiger partial charge is 0.407 e. The number of nitrogens with two attached hydrogens (primary N) is 1. The fraction of sp³-hybridized carbons (Fsp3) is 0.963. The molecule has 2 spiro atoms. The molecular weight excluding hydrogens is 412 g/mol. The minimum atomic E-state index is -0.409. The van der Waals surface area contributed by atoms with Crippen molar-refractivity contribution in [3.05, 3.63) is 0 Å².